The number of aliphatic imine (C=N–C) groups is 2. The van der Waals surface area contributed by atoms with Gasteiger partial charge in [-0.25, -0.2) is 22.6 Å². The Labute approximate surface area is 308 Å². The molecule has 11 nitrogen and oxygen atoms in total. The van der Waals surface area contributed by atoms with E-state index in [0.29, 0.717) is 0 Å². The predicted molar refractivity (Wildman–Crippen MR) is 184 cm³/mol. The summed E-state index contributed by atoms with van der Waals surface area (Å²) in [6.07, 6.45) is 0. The van der Waals surface area contributed by atoms with Crippen molar-refractivity contribution in [3.8, 4) is 11.5 Å². The van der Waals surface area contributed by atoms with Gasteiger partial charge in [-0.2, -0.15) is 17.6 Å². The third-order valence-electron chi connectivity index (χ3n) is 7.60. The van der Waals surface area contributed by atoms with Crippen LogP contribution in [0.1, 0.15) is 43.0 Å². The number of benzene rings is 4. The zero-order valence-corrected chi connectivity index (χ0v) is 28.8. The minimum absolute atomic E-state index is 0.0530. The quantitative estimate of drug-likeness (QED) is 0.0565. The molecule has 0 spiro atoms. The number of amides is 1. The second-order valence-electron chi connectivity index (χ2n) is 11.0. The number of hydrogen-bond acceptors (Lipinski definition) is 8. The van der Waals surface area contributed by atoms with E-state index in [2.05, 4.69) is 19.5 Å². The summed E-state index contributed by atoms with van der Waals surface area (Å²) >= 11 is 0. The molecule has 0 bridgehead atoms. The molecule has 1 aliphatic rings. The number of hydrogen-bond donors (Lipinski definition) is 3. The second kappa shape index (κ2) is 19.0. The summed E-state index contributed by atoms with van der Waals surface area (Å²) < 4.78 is 110. The zero-order valence-electron chi connectivity index (χ0n) is 28.8. The third kappa shape index (κ3) is 10.5. The van der Waals surface area contributed by atoms with Crippen molar-refractivity contribution in [1.29, 1.82) is 0 Å². The molecule has 0 aromatic heterocycles. The highest BCUT2D eigenvalue weighted by atomic mass is 19.3. The fourth-order valence-electron chi connectivity index (χ4n) is 4.83. The Kier molecular flexibility index (Phi) is 14.8. The minimum atomic E-state index is -3.00. The van der Waals surface area contributed by atoms with Crippen LogP contribution in [0.3, 0.4) is 0 Å². The number of Topliss-reactive ketones (excluding diaryl/α,β-unsaturated/α-hetero) is 2. The number of guanidine groups is 2. The molecule has 4 aromatic rings. The molecule has 55 heavy (non-hydrogen) atoms. The highest BCUT2D eigenvalue weighted by Gasteiger charge is 2.49. The average molecular weight is 781 g/mol. The largest absolute Gasteiger partial charge is 0.435 e. The molecule has 1 unspecified atom stereocenters. The number of rotatable bonds is 11. The van der Waals surface area contributed by atoms with Crippen LogP contribution in [0, 0.1) is 11.6 Å². The Morgan fingerprint density at radius 3 is 1.60 bits per heavy atom. The van der Waals surface area contributed by atoms with Gasteiger partial charge in [-0.15, -0.1) is 0 Å². The smallest absolute Gasteiger partial charge is 0.387 e. The summed E-state index contributed by atoms with van der Waals surface area (Å²) in [5.74, 6) is -4.22. The zero-order chi connectivity index (χ0) is 41.0. The van der Waals surface area contributed by atoms with Gasteiger partial charge in [0.05, 0.1) is 0 Å². The van der Waals surface area contributed by atoms with Crippen LogP contribution in [-0.2, 0) is 23.7 Å². The van der Waals surface area contributed by atoms with Crippen LogP contribution in [0.25, 0.3) is 0 Å². The maximum atomic E-state index is 13.7. The van der Waals surface area contributed by atoms with E-state index in [1.54, 1.807) is 0 Å². The molecule has 292 valence electrons. The third-order valence-corrected chi connectivity index (χ3v) is 7.60. The Hall–Kier alpha value is -6.53. The van der Waals surface area contributed by atoms with Crippen LogP contribution in [0.4, 0.5) is 35.1 Å². The molecule has 1 atom stereocenters. The first-order valence-corrected chi connectivity index (χ1v) is 15.5. The van der Waals surface area contributed by atoms with E-state index in [-0.39, 0.29) is 56.8 Å². The number of carbonyl (C=O) groups is 3. The van der Waals surface area contributed by atoms with Crippen molar-refractivity contribution in [3.05, 3.63) is 130 Å². The molecule has 1 heterocycles. The summed E-state index contributed by atoms with van der Waals surface area (Å²) in [7, 11) is 2.95. The van der Waals surface area contributed by atoms with Crippen LogP contribution >= 0.6 is 0 Å². The number of likely N-dealkylation sites (N-methyl/N-ethyl adjacent to an activating group) is 1. The standard InChI is InChI=1S/C18H15F4N3O2.C16H10F4O3.C2H7N3/c1-25-15(26)18(24-17(25)23,12-4-7-14(20)10(8-12)9-19)11-2-5-13(6-3-11)27-16(21)22;17-8-11-7-10(3-6-13(11)18)15(22)14(21)9-1-4-12(5-2-9)23-16(19)20;1-5-2(3)4/h2-8,16H,9H2,1H3,(H2,23,24);1-7,16H,8H2;1H3,(H4,3,4,5). The fraction of sp³-hybridized carbons (Fsp3) is 0.194. The summed E-state index contributed by atoms with van der Waals surface area (Å²) in [6.45, 7) is -8.18. The van der Waals surface area contributed by atoms with Gasteiger partial charge in [-0.1, -0.05) is 18.2 Å². The van der Waals surface area contributed by atoms with E-state index in [4.69, 9.17) is 17.2 Å². The van der Waals surface area contributed by atoms with Crippen molar-refractivity contribution in [1.82, 2.24) is 4.90 Å². The predicted octanol–water partition coefficient (Wildman–Crippen LogP) is 5.78. The molecule has 0 aliphatic carbocycles. The van der Waals surface area contributed by atoms with Gasteiger partial charge < -0.3 is 26.7 Å². The summed E-state index contributed by atoms with van der Waals surface area (Å²) in [5.41, 5.74) is 13.5. The molecule has 0 saturated heterocycles. The average Bonchev–Trinajstić information content (AvgIpc) is 3.39. The number of nitrogens with two attached hydrogens (primary N) is 3. The molecule has 5 rings (SSSR count). The highest BCUT2D eigenvalue weighted by Crippen LogP contribution is 2.40. The number of nitrogens with zero attached hydrogens (tertiary/aromatic N) is 3. The van der Waals surface area contributed by atoms with Crippen molar-refractivity contribution < 1.29 is 59.0 Å². The van der Waals surface area contributed by atoms with Crippen LogP contribution in [0.2, 0.25) is 0 Å². The number of carbonyl (C=O) groups excluding carboxylic acids is 3. The SMILES string of the molecule is CN1C(=O)C(c2ccc(OC(F)F)cc2)(c2ccc(F)c(CF)c2)N=C1N.CN=C(N)N.O=C(C(=O)c1ccc(F)c(CF)c1)c1ccc(OC(F)F)cc1. The molecule has 4 aromatic carbocycles. The van der Waals surface area contributed by atoms with Crippen molar-refractivity contribution in [2.45, 2.75) is 32.1 Å². The van der Waals surface area contributed by atoms with Gasteiger partial charge in [0.15, 0.2) is 17.5 Å². The molecule has 19 heteroatoms. The van der Waals surface area contributed by atoms with Crippen LogP contribution in [0.5, 0.6) is 11.5 Å². The topological polar surface area (TPSA) is 176 Å². The van der Waals surface area contributed by atoms with Gasteiger partial charge in [0.2, 0.25) is 11.6 Å². The summed E-state index contributed by atoms with van der Waals surface area (Å²) in [6, 6.07) is 16.3. The Morgan fingerprint density at radius 2 is 1.16 bits per heavy atom. The maximum absolute atomic E-state index is 13.7. The molecule has 6 N–H and O–H groups in total. The molecule has 0 fully saturated rings. The van der Waals surface area contributed by atoms with Gasteiger partial charge >= 0.3 is 13.2 Å². The van der Waals surface area contributed by atoms with Gasteiger partial charge in [-0.3, -0.25) is 24.3 Å². The number of ketones is 2. The van der Waals surface area contributed by atoms with Crippen LogP contribution < -0.4 is 26.7 Å². The lowest BCUT2D eigenvalue weighted by atomic mass is 9.82. The normalized spacial score (nSPS) is 14.7. The Bertz CT molecular complexity index is 2050. The monoisotopic (exact) mass is 780 g/mol. The van der Waals surface area contributed by atoms with Crippen molar-refractivity contribution in [2.24, 2.45) is 27.2 Å². The first kappa shape index (κ1) is 42.9. The Morgan fingerprint density at radius 1 is 0.745 bits per heavy atom. The van der Waals surface area contributed by atoms with E-state index >= 15 is 0 Å². The number of alkyl halides is 6. The van der Waals surface area contributed by atoms with Crippen LogP contribution in [-0.4, -0.2) is 61.6 Å². The van der Waals surface area contributed by atoms with Gasteiger partial charge in [-0.05, 0) is 77.9 Å². The van der Waals surface area contributed by atoms with E-state index in [0.717, 1.165) is 53.4 Å². The highest BCUT2D eigenvalue weighted by molar-refractivity contribution is 6.49. The van der Waals surface area contributed by atoms with Crippen molar-refractivity contribution in [2.75, 3.05) is 14.1 Å². The number of halogens is 8. The van der Waals surface area contributed by atoms with E-state index < -0.39 is 61.2 Å². The molecule has 0 saturated carbocycles. The van der Waals surface area contributed by atoms with Crippen molar-refractivity contribution in [3.63, 3.8) is 0 Å². The maximum Gasteiger partial charge on any atom is 0.387 e. The summed E-state index contributed by atoms with van der Waals surface area (Å²) in [4.78, 5) is 45.8. The molecule has 0 radical (unpaired) electrons. The fourth-order valence-corrected chi connectivity index (χ4v) is 4.83. The van der Waals surface area contributed by atoms with E-state index in [1.165, 1.54) is 50.5 Å². The minimum Gasteiger partial charge on any atom is -0.435 e. The molecule has 1 amide bonds. The first-order chi connectivity index (χ1) is 26.0. The number of ether oxygens (including phenoxy) is 2. The second-order valence-corrected chi connectivity index (χ2v) is 11.0. The van der Waals surface area contributed by atoms with Gasteiger partial charge in [0.1, 0.15) is 36.5 Å². The van der Waals surface area contributed by atoms with E-state index in [1.807, 2.05) is 0 Å². The lowest BCUT2D eigenvalue weighted by Crippen LogP contribution is -2.41. The first-order valence-electron chi connectivity index (χ1n) is 15.5. The molecular formula is C36H32F8N6O5. The van der Waals surface area contributed by atoms with Crippen LogP contribution in [0.15, 0.2) is 94.9 Å². The lowest BCUT2D eigenvalue weighted by molar-refractivity contribution is -0.129. The van der Waals surface area contributed by atoms with Gasteiger partial charge in [0, 0.05) is 36.3 Å². The summed E-state index contributed by atoms with van der Waals surface area (Å²) in [5, 5.41) is 0. The van der Waals surface area contributed by atoms with Crippen molar-refractivity contribution >= 4 is 29.4 Å². The van der Waals surface area contributed by atoms with E-state index in [9.17, 15) is 49.5 Å². The van der Waals surface area contributed by atoms with Gasteiger partial charge in [0.25, 0.3) is 5.91 Å². The molecular weight excluding hydrogens is 748 g/mol. The molecule has 1 aliphatic heterocycles. The Balaban J connectivity index is 0.000000266. The lowest BCUT2D eigenvalue weighted by Gasteiger charge is -2.26.